The number of benzene rings is 1. The van der Waals surface area contributed by atoms with Crippen LogP contribution in [0, 0.1) is 6.92 Å². The van der Waals surface area contributed by atoms with E-state index in [0.29, 0.717) is 27.3 Å². The summed E-state index contributed by atoms with van der Waals surface area (Å²) in [5, 5.41) is 9.26. The first-order valence-corrected chi connectivity index (χ1v) is 10.6. The van der Waals surface area contributed by atoms with Gasteiger partial charge in [-0.05, 0) is 55.5 Å². The molecule has 1 aromatic carbocycles. The van der Waals surface area contributed by atoms with Gasteiger partial charge in [0.2, 0.25) is 0 Å². The largest absolute Gasteiger partial charge is 0.322 e. The summed E-state index contributed by atoms with van der Waals surface area (Å²) in [5.74, 6) is 1.94. The van der Waals surface area contributed by atoms with Gasteiger partial charge < -0.3 is 5.32 Å². The molecule has 1 saturated heterocycles. The number of pyridine rings is 1. The minimum Gasteiger partial charge on any atom is -0.322 e. The number of hydrogen-bond donors (Lipinski definition) is 1. The Bertz CT molecular complexity index is 997. The molecule has 0 spiro atoms. The highest BCUT2D eigenvalue weighted by Crippen LogP contribution is 2.34. The molecular formula is C19H18Cl2N4OS. The second-order valence-corrected chi connectivity index (χ2v) is 8.56. The van der Waals surface area contributed by atoms with Crippen LogP contribution in [0.2, 0.25) is 10.0 Å². The van der Waals surface area contributed by atoms with Gasteiger partial charge in [-0.3, -0.25) is 4.79 Å². The number of halogens is 2. The molecule has 1 fully saturated rings. The highest BCUT2D eigenvalue weighted by Gasteiger charge is 2.24. The molecule has 4 rings (SSSR count). The van der Waals surface area contributed by atoms with E-state index in [0.717, 1.165) is 41.1 Å². The van der Waals surface area contributed by atoms with Crippen LogP contribution in [0.3, 0.4) is 0 Å². The number of anilines is 1. The van der Waals surface area contributed by atoms with Crippen molar-refractivity contribution in [2.45, 2.75) is 25.8 Å². The lowest BCUT2D eigenvalue weighted by Gasteiger charge is -2.22. The molecule has 0 bridgehead atoms. The van der Waals surface area contributed by atoms with E-state index in [-0.39, 0.29) is 5.91 Å². The molecule has 1 amide bonds. The molecule has 140 valence electrons. The average Bonchev–Trinajstić information content (AvgIpc) is 3.02. The number of thioether (sulfide) groups is 1. The van der Waals surface area contributed by atoms with Crippen molar-refractivity contribution in [1.82, 2.24) is 14.8 Å². The van der Waals surface area contributed by atoms with E-state index in [4.69, 9.17) is 23.2 Å². The Morgan fingerprint density at radius 1 is 1.22 bits per heavy atom. The van der Waals surface area contributed by atoms with Gasteiger partial charge in [-0.2, -0.15) is 16.9 Å². The van der Waals surface area contributed by atoms with Crippen molar-refractivity contribution in [2.75, 3.05) is 16.8 Å². The third-order valence-electron chi connectivity index (χ3n) is 4.72. The van der Waals surface area contributed by atoms with Gasteiger partial charge in [0.15, 0.2) is 5.65 Å². The van der Waals surface area contributed by atoms with Crippen molar-refractivity contribution in [3.8, 4) is 0 Å². The predicted molar refractivity (Wildman–Crippen MR) is 112 cm³/mol. The summed E-state index contributed by atoms with van der Waals surface area (Å²) in [5.41, 5.74) is 2.52. The second kappa shape index (κ2) is 7.70. The molecule has 3 heterocycles. The molecule has 1 aliphatic heterocycles. The summed E-state index contributed by atoms with van der Waals surface area (Å²) in [6.07, 6.45) is 3.67. The van der Waals surface area contributed by atoms with Crippen LogP contribution in [0.25, 0.3) is 11.0 Å². The fraction of sp³-hybridized carbons (Fsp3) is 0.316. The maximum Gasteiger partial charge on any atom is 0.258 e. The lowest BCUT2D eigenvalue weighted by molar-refractivity contribution is 0.102. The number of aromatic nitrogens is 3. The van der Waals surface area contributed by atoms with Gasteiger partial charge >= 0.3 is 0 Å². The molecule has 8 heteroatoms. The first-order valence-electron chi connectivity index (χ1n) is 8.72. The normalized spacial score (nSPS) is 15.2. The molecule has 2 aromatic heterocycles. The van der Waals surface area contributed by atoms with Gasteiger partial charge in [0.25, 0.3) is 5.91 Å². The first-order chi connectivity index (χ1) is 13.0. The topological polar surface area (TPSA) is 59.8 Å². The molecule has 1 aliphatic rings. The Kier molecular flexibility index (Phi) is 5.30. The zero-order valence-electron chi connectivity index (χ0n) is 14.7. The number of nitrogens with one attached hydrogen (secondary N) is 1. The van der Waals surface area contributed by atoms with E-state index in [2.05, 4.69) is 15.4 Å². The van der Waals surface area contributed by atoms with Crippen LogP contribution in [-0.4, -0.2) is 32.2 Å². The molecule has 27 heavy (non-hydrogen) atoms. The molecule has 0 atom stereocenters. The van der Waals surface area contributed by atoms with Gasteiger partial charge in [-0.25, -0.2) is 9.67 Å². The van der Waals surface area contributed by atoms with Crippen molar-refractivity contribution in [3.05, 3.63) is 51.8 Å². The van der Waals surface area contributed by atoms with Gasteiger partial charge in [-0.1, -0.05) is 23.2 Å². The van der Waals surface area contributed by atoms with Crippen LogP contribution in [0.15, 0.2) is 30.5 Å². The standard InChI is InChI=1S/C19H18Cl2N4OS/c1-11-16-17(21)15(19(26)23-13-4-2-12(20)3-5-13)10-22-18(16)25(24-11)14-6-8-27-9-7-14/h2-5,10,14H,6-9H2,1H3,(H,23,26). The summed E-state index contributed by atoms with van der Waals surface area (Å²) < 4.78 is 1.98. The van der Waals surface area contributed by atoms with Gasteiger partial charge in [0.1, 0.15) is 0 Å². The van der Waals surface area contributed by atoms with Gasteiger partial charge in [-0.15, -0.1) is 0 Å². The highest BCUT2D eigenvalue weighted by molar-refractivity contribution is 7.99. The van der Waals surface area contributed by atoms with Crippen molar-refractivity contribution in [1.29, 1.82) is 0 Å². The van der Waals surface area contributed by atoms with Gasteiger partial charge in [0, 0.05) is 16.9 Å². The number of rotatable bonds is 3. The molecule has 1 N–H and O–H groups in total. The number of aryl methyl sites for hydroxylation is 1. The van der Waals surface area contributed by atoms with E-state index in [1.54, 1.807) is 24.3 Å². The number of carbonyl (C=O) groups excluding carboxylic acids is 1. The summed E-state index contributed by atoms with van der Waals surface area (Å²) in [6.45, 7) is 1.91. The smallest absolute Gasteiger partial charge is 0.258 e. The Morgan fingerprint density at radius 2 is 1.93 bits per heavy atom. The number of carbonyl (C=O) groups is 1. The zero-order valence-corrected chi connectivity index (χ0v) is 17.0. The summed E-state index contributed by atoms with van der Waals surface area (Å²) in [7, 11) is 0. The summed E-state index contributed by atoms with van der Waals surface area (Å²) >= 11 is 14.5. The number of hydrogen-bond acceptors (Lipinski definition) is 4. The Morgan fingerprint density at radius 3 is 2.63 bits per heavy atom. The minimum atomic E-state index is -0.307. The maximum atomic E-state index is 12.7. The molecule has 3 aromatic rings. The molecule has 0 unspecified atom stereocenters. The van der Waals surface area contributed by atoms with Crippen LogP contribution < -0.4 is 5.32 Å². The highest BCUT2D eigenvalue weighted by atomic mass is 35.5. The zero-order chi connectivity index (χ0) is 19.0. The summed E-state index contributed by atoms with van der Waals surface area (Å²) in [4.78, 5) is 17.2. The van der Waals surface area contributed by atoms with Crippen molar-refractivity contribution < 1.29 is 4.79 Å². The quantitative estimate of drug-likeness (QED) is 0.618. The molecule has 0 aliphatic carbocycles. The van der Waals surface area contributed by atoms with E-state index < -0.39 is 0 Å². The van der Waals surface area contributed by atoms with Crippen LogP contribution >= 0.6 is 35.0 Å². The van der Waals surface area contributed by atoms with Crippen molar-refractivity contribution in [3.63, 3.8) is 0 Å². The van der Waals surface area contributed by atoms with E-state index in [9.17, 15) is 4.79 Å². The van der Waals surface area contributed by atoms with Gasteiger partial charge in [0.05, 0.1) is 27.7 Å². The van der Waals surface area contributed by atoms with Crippen LogP contribution in [0.4, 0.5) is 5.69 Å². The van der Waals surface area contributed by atoms with Crippen molar-refractivity contribution in [2.24, 2.45) is 0 Å². The number of nitrogens with zero attached hydrogens (tertiary/aromatic N) is 3. The lowest BCUT2D eigenvalue weighted by Crippen LogP contribution is -2.17. The Hall–Kier alpha value is -1.76. The lowest BCUT2D eigenvalue weighted by atomic mass is 10.1. The Balaban J connectivity index is 1.68. The molecule has 5 nitrogen and oxygen atoms in total. The van der Waals surface area contributed by atoms with Crippen LogP contribution in [0.5, 0.6) is 0 Å². The Labute approximate surface area is 171 Å². The van der Waals surface area contributed by atoms with Crippen molar-refractivity contribution >= 4 is 57.6 Å². The number of fused-ring (bicyclic) bond motifs is 1. The fourth-order valence-electron chi connectivity index (χ4n) is 3.31. The van der Waals surface area contributed by atoms with Crippen LogP contribution in [0.1, 0.15) is 34.9 Å². The maximum absolute atomic E-state index is 12.7. The summed E-state index contributed by atoms with van der Waals surface area (Å²) in [6, 6.07) is 7.25. The molecule has 0 radical (unpaired) electrons. The molecular weight excluding hydrogens is 403 g/mol. The minimum absolute atomic E-state index is 0.307. The predicted octanol–water partition coefficient (Wildman–Crippen LogP) is 5.37. The van der Waals surface area contributed by atoms with E-state index >= 15 is 0 Å². The second-order valence-electron chi connectivity index (χ2n) is 6.52. The SMILES string of the molecule is Cc1nn(C2CCSCC2)c2ncc(C(=O)Nc3ccc(Cl)cc3)c(Cl)c12. The third kappa shape index (κ3) is 3.66. The first kappa shape index (κ1) is 18.6. The molecule has 0 saturated carbocycles. The van der Waals surface area contributed by atoms with E-state index in [1.807, 2.05) is 23.4 Å². The van der Waals surface area contributed by atoms with E-state index in [1.165, 1.54) is 6.20 Å². The number of amides is 1. The monoisotopic (exact) mass is 420 g/mol. The average molecular weight is 421 g/mol. The fourth-order valence-corrected chi connectivity index (χ4v) is 4.87. The van der Waals surface area contributed by atoms with Crippen LogP contribution in [-0.2, 0) is 0 Å². The third-order valence-corrected chi connectivity index (χ3v) is 6.41.